The van der Waals surface area contributed by atoms with Crippen molar-refractivity contribution in [2.75, 3.05) is 10.6 Å². The normalized spacial score (nSPS) is 9.93. The first-order chi connectivity index (χ1) is 13.1. The fourth-order valence-corrected chi connectivity index (χ4v) is 2.63. The van der Waals surface area contributed by atoms with Crippen LogP contribution in [0.2, 0.25) is 5.02 Å². The molecule has 0 radical (unpaired) electrons. The zero-order valence-corrected chi connectivity index (χ0v) is 14.8. The molecule has 0 heterocycles. The molecule has 0 saturated carbocycles. The van der Waals surface area contributed by atoms with Crippen LogP contribution in [0.1, 0.15) is 26.3 Å². The number of hydrogen-bond acceptors (Lipinski definition) is 3. The van der Waals surface area contributed by atoms with E-state index in [9.17, 15) is 9.59 Å². The van der Waals surface area contributed by atoms with Crippen LogP contribution in [0.3, 0.4) is 0 Å². The van der Waals surface area contributed by atoms with E-state index < -0.39 is 5.91 Å². The summed E-state index contributed by atoms with van der Waals surface area (Å²) in [6.45, 7) is 0. The number of nitriles is 1. The van der Waals surface area contributed by atoms with E-state index in [1.54, 1.807) is 66.7 Å². The molecule has 3 aromatic rings. The predicted molar refractivity (Wildman–Crippen MR) is 105 cm³/mol. The minimum absolute atomic E-state index is 0.301. The van der Waals surface area contributed by atoms with E-state index in [-0.39, 0.29) is 5.91 Å². The van der Waals surface area contributed by atoms with Crippen molar-refractivity contribution >= 4 is 34.8 Å². The van der Waals surface area contributed by atoms with E-state index in [2.05, 4.69) is 10.6 Å². The molecule has 0 aliphatic carbocycles. The molecule has 0 atom stereocenters. The number of hydrogen-bond donors (Lipinski definition) is 2. The van der Waals surface area contributed by atoms with Crippen LogP contribution in [0.4, 0.5) is 11.4 Å². The van der Waals surface area contributed by atoms with Gasteiger partial charge in [0.15, 0.2) is 0 Å². The summed E-state index contributed by atoms with van der Waals surface area (Å²) in [5.41, 5.74) is 1.88. The standard InChI is InChI=1S/C21H14ClN3O2/c22-17-9-2-4-11-19(17)25-21(27)15-8-5-7-14(12-15)20(26)24-18-10-3-1-6-16(18)13-23/h1-12H,(H,24,26)(H,25,27). The quantitative estimate of drug-likeness (QED) is 0.692. The molecule has 2 amide bonds. The summed E-state index contributed by atoms with van der Waals surface area (Å²) < 4.78 is 0. The highest BCUT2D eigenvalue weighted by molar-refractivity contribution is 6.33. The smallest absolute Gasteiger partial charge is 0.255 e. The molecule has 0 aliphatic rings. The van der Waals surface area contributed by atoms with Crippen LogP contribution in [0.25, 0.3) is 0 Å². The lowest BCUT2D eigenvalue weighted by molar-refractivity contribution is 0.102. The molecule has 132 valence electrons. The van der Waals surface area contributed by atoms with E-state index in [4.69, 9.17) is 16.9 Å². The van der Waals surface area contributed by atoms with Gasteiger partial charge in [0.1, 0.15) is 6.07 Å². The average molecular weight is 376 g/mol. The lowest BCUT2D eigenvalue weighted by Crippen LogP contribution is -2.16. The van der Waals surface area contributed by atoms with Gasteiger partial charge in [-0.2, -0.15) is 5.26 Å². The van der Waals surface area contributed by atoms with E-state index in [1.165, 1.54) is 6.07 Å². The van der Waals surface area contributed by atoms with Crippen molar-refractivity contribution in [2.45, 2.75) is 0 Å². The third-order valence-corrected chi connectivity index (χ3v) is 4.13. The number of benzene rings is 3. The molecule has 0 aromatic heterocycles. The van der Waals surface area contributed by atoms with Crippen LogP contribution in [-0.4, -0.2) is 11.8 Å². The van der Waals surface area contributed by atoms with Crippen LogP contribution in [0.15, 0.2) is 72.8 Å². The molecule has 6 heteroatoms. The molecule has 0 unspecified atom stereocenters. The minimum atomic E-state index is -0.412. The lowest BCUT2D eigenvalue weighted by Gasteiger charge is -2.09. The Morgan fingerprint density at radius 1 is 0.778 bits per heavy atom. The third kappa shape index (κ3) is 4.32. The average Bonchev–Trinajstić information content (AvgIpc) is 2.70. The monoisotopic (exact) mass is 375 g/mol. The lowest BCUT2D eigenvalue weighted by atomic mass is 10.1. The van der Waals surface area contributed by atoms with E-state index >= 15 is 0 Å². The van der Waals surface area contributed by atoms with Crippen molar-refractivity contribution in [3.63, 3.8) is 0 Å². The fraction of sp³-hybridized carbons (Fsp3) is 0. The van der Waals surface area contributed by atoms with Crippen molar-refractivity contribution in [3.8, 4) is 6.07 Å². The second kappa shape index (κ2) is 8.17. The van der Waals surface area contributed by atoms with Crippen LogP contribution in [0.5, 0.6) is 0 Å². The maximum Gasteiger partial charge on any atom is 0.255 e. The fourth-order valence-electron chi connectivity index (χ4n) is 2.44. The Balaban J connectivity index is 1.79. The molecular weight excluding hydrogens is 362 g/mol. The molecule has 27 heavy (non-hydrogen) atoms. The number of rotatable bonds is 4. The number of nitrogens with zero attached hydrogens (tertiary/aromatic N) is 1. The summed E-state index contributed by atoms with van der Waals surface area (Å²) in [5.74, 6) is -0.791. The Kier molecular flexibility index (Phi) is 5.50. The Bertz CT molecular complexity index is 1060. The molecule has 3 aromatic carbocycles. The van der Waals surface area contributed by atoms with Gasteiger partial charge in [-0.3, -0.25) is 9.59 Å². The van der Waals surface area contributed by atoms with Crippen molar-refractivity contribution in [3.05, 3.63) is 94.5 Å². The van der Waals surface area contributed by atoms with Crippen molar-refractivity contribution < 1.29 is 9.59 Å². The summed E-state index contributed by atoms with van der Waals surface area (Å²) in [6, 6.07) is 21.9. The highest BCUT2D eigenvalue weighted by atomic mass is 35.5. The summed E-state index contributed by atoms with van der Waals surface area (Å²) in [7, 11) is 0. The number of carbonyl (C=O) groups excluding carboxylic acids is 2. The van der Waals surface area contributed by atoms with Gasteiger partial charge in [-0.15, -0.1) is 0 Å². The molecule has 2 N–H and O–H groups in total. The molecule has 3 rings (SSSR count). The summed E-state index contributed by atoms with van der Waals surface area (Å²) in [4.78, 5) is 25.0. The van der Waals surface area contributed by atoms with Crippen LogP contribution < -0.4 is 10.6 Å². The maximum absolute atomic E-state index is 12.5. The van der Waals surface area contributed by atoms with Gasteiger partial charge in [0.2, 0.25) is 0 Å². The van der Waals surface area contributed by atoms with Crippen LogP contribution in [-0.2, 0) is 0 Å². The first-order valence-corrected chi connectivity index (χ1v) is 8.42. The van der Waals surface area contributed by atoms with Gasteiger partial charge in [-0.1, -0.05) is 41.9 Å². The molecule has 0 bridgehead atoms. The Morgan fingerprint density at radius 3 is 1.96 bits per heavy atom. The van der Waals surface area contributed by atoms with Crippen LogP contribution in [0, 0.1) is 11.3 Å². The summed E-state index contributed by atoms with van der Waals surface area (Å²) in [5, 5.41) is 14.9. The molecule has 0 saturated heterocycles. The Morgan fingerprint density at radius 2 is 1.33 bits per heavy atom. The number of para-hydroxylation sites is 2. The van der Waals surface area contributed by atoms with Gasteiger partial charge in [0.25, 0.3) is 11.8 Å². The number of nitrogens with one attached hydrogen (secondary N) is 2. The molecule has 0 fully saturated rings. The second-order valence-electron chi connectivity index (χ2n) is 5.63. The number of carbonyl (C=O) groups is 2. The van der Waals surface area contributed by atoms with E-state index in [1.807, 2.05) is 6.07 Å². The third-order valence-electron chi connectivity index (χ3n) is 3.80. The van der Waals surface area contributed by atoms with E-state index in [0.717, 1.165) is 0 Å². The minimum Gasteiger partial charge on any atom is -0.321 e. The van der Waals surface area contributed by atoms with Gasteiger partial charge in [-0.05, 0) is 42.5 Å². The van der Waals surface area contributed by atoms with Gasteiger partial charge in [-0.25, -0.2) is 0 Å². The van der Waals surface area contributed by atoms with Gasteiger partial charge < -0.3 is 10.6 Å². The van der Waals surface area contributed by atoms with E-state index in [0.29, 0.717) is 33.1 Å². The van der Waals surface area contributed by atoms with Crippen molar-refractivity contribution in [1.29, 1.82) is 5.26 Å². The highest BCUT2D eigenvalue weighted by Gasteiger charge is 2.13. The predicted octanol–water partition coefficient (Wildman–Crippen LogP) is 4.72. The van der Waals surface area contributed by atoms with Gasteiger partial charge >= 0.3 is 0 Å². The van der Waals surface area contributed by atoms with Gasteiger partial charge in [0.05, 0.1) is 22.0 Å². The number of halogens is 1. The second-order valence-corrected chi connectivity index (χ2v) is 6.03. The summed E-state index contributed by atoms with van der Waals surface area (Å²) >= 11 is 6.05. The maximum atomic E-state index is 12.5. The topological polar surface area (TPSA) is 82.0 Å². The molecule has 0 aliphatic heterocycles. The number of anilines is 2. The molecule has 5 nitrogen and oxygen atoms in total. The van der Waals surface area contributed by atoms with Crippen molar-refractivity contribution in [1.82, 2.24) is 0 Å². The first kappa shape index (κ1) is 18.2. The Labute approximate surface area is 161 Å². The highest BCUT2D eigenvalue weighted by Crippen LogP contribution is 2.21. The largest absolute Gasteiger partial charge is 0.321 e. The van der Waals surface area contributed by atoms with Crippen molar-refractivity contribution in [2.24, 2.45) is 0 Å². The SMILES string of the molecule is N#Cc1ccccc1NC(=O)c1cccc(C(=O)Nc2ccccc2Cl)c1. The summed E-state index contributed by atoms with van der Waals surface area (Å²) in [6.07, 6.45) is 0. The molecular formula is C21H14ClN3O2. The zero-order chi connectivity index (χ0) is 19.2. The molecule has 0 spiro atoms. The number of amides is 2. The van der Waals surface area contributed by atoms with Gasteiger partial charge in [0, 0.05) is 11.1 Å². The Hall–Kier alpha value is -3.62. The first-order valence-electron chi connectivity index (χ1n) is 8.05. The van der Waals surface area contributed by atoms with Crippen LogP contribution >= 0.6 is 11.6 Å². The zero-order valence-electron chi connectivity index (χ0n) is 14.1.